The van der Waals surface area contributed by atoms with Crippen molar-refractivity contribution in [2.75, 3.05) is 23.3 Å². The number of benzene rings is 1. The van der Waals surface area contributed by atoms with E-state index in [0.717, 1.165) is 55.5 Å². The van der Waals surface area contributed by atoms with Crippen molar-refractivity contribution in [2.24, 2.45) is 0 Å². The van der Waals surface area contributed by atoms with Crippen molar-refractivity contribution in [1.29, 1.82) is 0 Å². The van der Waals surface area contributed by atoms with Crippen LogP contribution in [0.3, 0.4) is 0 Å². The first-order valence-corrected chi connectivity index (χ1v) is 8.65. The SMILES string of the molecule is CCCCCNC(=O)C(=O)Nc1cc2c3c(c1)CC(=O)N3CCC2. The maximum Gasteiger partial charge on any atom is 0.313 e. The van der Waals surface area contributed by atoms with Gasteiger partial charge in [0, 0.05) is 18.8 Å². The van der Waals surface area contributed by atoms with Gasteiger partial charge in [-0.3, -0.25) is 14.4 Å². The molecule has 6 nitrogen and oxygen atoms in total. The van der Waals surface area contributed by atoms with Crippen LogP contribution in [0.15, 0.2) is 12.1 Å². The van der Waals surface area contributed by atoms with Gasteiger partial charge in [0.05, 0.1) is 12.1 Å². The van der Waals surface area contributed by atoms with Crippen molar-refractivity contribution in [3.05, 3.63) is 23.3 Å². The second-order valence-electron chi connectivity index (χ2n) is 6.39. The Hall–Kier alpha value is -2.37. The third-order valence-electron chi connectivity index (χ3n) is 4.54. The van der Waals surface area contributed by atoms with E-state index >= 15 is 0 Å². The highest BCUT2D eigenvalue weighted by molar-refractivity contribution is 6.39. The molecule has 0 saturated carbocycles. The fourth-order valence-electron chi connectivity index (χ4n) is 3.40. The van der Waals surface area contributed by atoms with Crippen LogP contribution in [0.4, 0.5) is 11.4 Å². The van der Waals surface area contributed by atoms with Crippen LogP contribution in [0, 0.1) is 0 Å². The quantitative estimate of drug-likeness (QED) is 0.638. The van der Waals surface area contributed by atoms with Gasteiger partial charge in [0.2, 0.25) is 5.91 Å². The van der Waals surface area contributed by atoms with Crippen molar-refractivity contribution >= 4 is 29.1 Å². The van der Waals surface area contributed by atoms with Crippen molar-refractivity contribution in [2.45, 2.75) is 45.4 Å². The third-order valence-corrected chi connectivity index (χ3v) is 4.54. The van der Waals surface area contributed by atoms with Crippen LogP contribution in [0.5, 0.6) is 0 Å². The molecule has 6 heteroatoms. The van der Waals surface area contributed by atoms with Crippen LogP contribution in [0.25, 0.3) is 0 Å². The van der Waals surface area contributed by atoms with E-state index in [0.29, 0.717) is 18.7 Å². The Morgan fingerprint density at radius 2 is 1.96 bits per heavy atom. The van der Waals surface area contributed by atoms with Gasteiger partial charge in [0.1, 0.15) is 0 Å². The number of carbonyl (C=O) groups is 3. The van der Waals surface area contributed by atoms with Gasteiger partial charge in [-0.05, 0) is 42.5 Å². The monoisotopic (exact) mass is 329 g/mol. The molecular formula is C18H23N3O3. The molecule has 128 valence electrons. The molecule has 0 saturated heterocycles. The zero-order valence-electron chi connectivity index (χ0n) is 14.0. The van der Waals surface area contributed by atoms with Gasteiger partial charge in [0.15, 0.2) is 0 Å². The topological polar surface area (TPSA) is 78.5 Å². The van der Waals surface area contributed by atoms with E-state index in [9.17, 15) is 14.4 Å². The minimum absolute atomic E-state index is 0.114. The summed E-state index contributed by atoms with van der Waals surface area (Å²) in [4.78, 5) is 37.7. The van der Waals surface area contributed by atoms with Gasteiger partial charge in [-0.15, -0.1) is 0 Å². The fourth-order valence-corrected chi connectivity index (χ4v) is 3.40. The first-order valence-electron chi connectivity index (χ1n) is 8.65. The Morgan fingerprint density at radius 1 is 1.17 bits per heavy atom. The zero-order chi connectivity index (χ0) is 17.1. The summed E-state index contributed by atoms with van der Waals surface area (Å²) >= 11 is 0. The first kappa shape index (κ1) is 16.5. The van der Waals surface area contributed by atoms with E-state index in [1.54, 1.807) is 0 Å². The van der Waals surface area contributed by atoms with Crippen molar-refractivity contribution < 1.29 is 14.4 Å². The normalized spacial score (nSPS) is 15.2. The number of amides is 3. The standard InChI is InChI=1S/C18H23N3O3/c1-2-3-4-7-19-17(23)18(24)20-14-9-12-6-5-8-21-15(22)11-13(10-14)16(12)21/h9-10H,2-8,11H2,1H3,(H,19,23)(H,20,24). The summed E-state index contributed by atoms with van der Waals surface area (Å²) in [5.41, 5.74) is 3.61. The van der Waals surface area contributed by atoms with Gasteiger partial charge >= 0.3 is 11.8 Å². The predicted molar refractivity (Wildman–Crippen MR) is 92.0 cm³/mol. The molecule has 0 aromatic heterocycles. The number of nitrogens with zero attached hydrogens (tertiary/aromatic N) is 1. The lowest BCUT2D eigenvalue weighted by atomic mass is 9.99. The highest BCUT2D eigenvalue weighted by Gasteiger charge is 2.32. The lowest BCUT2D eigenvalue weighted by molar-refractivity contribution is -0.136. The summed E-state index contributed by atoms with van der Waals surface area (Å²) in [5, 5.41) is 5.29. The molecule has 2 aliphatic heterocycles. The smallest absolute Gasteiger partial charge is 0.313 e. The van der Waals surface area contributed by atoms with Gasteiger partial charge in [0.25, 0.3) is 0 Å². The molecule has 0 unspecified atom stereocenters. The Bertz CT molecular complexity index is 684. The lowest BCUT2D eigenvalue weighted by Gasteiger charge is -2.26. The van der Waals surface area contributed by atoms with Crippen molar-refractivity contribution in [3.8, 4) is 0 Å². The number of anilines is 2. The molecule has 0 radical (unpaired) electrons. The Balaban J connectivity index is 1.66. The predicted octanol–water partition coefficient (Wildman–Crippen LogP) is 1.77. The number of unbranched alkanes of at least 4 members (excludes halogenated alkanes) is 2. The Morgan fingerprint density at radius 3 is 2.75 bits per heavy atom. The molecular weight excluding hydrogens is 306 g/mol. The summed E-state index contributed by atoms with van der Waals surface area (Å²) < 4.78 is 0. The molecule has 3 amide bonds. The average molecular weight is 329 g/mol. The van der Waals surface area contributed by atoms with E-state index < -0.39 is 11.8 Å². The highest BCUT2D eigenvalue weighted by atomic mass is 16.2. The first-order chi connectivity index (χ1) is 11.6. The summed E-state index contributed by atoms with van der Waals surface area (Å²) in [6, 6.07) is 3.69. The van der Waals surface area contributed by atoms with Gasteiger partial charge in [-0.25, -0.2) is 0 Å². The zero-order valence-corrected chi connectivity index (χ0v) is 14.0. The number of aryl methyl sites for hydroxylation is 1. The molecule has 0 bridgehead atoms. The van der Waals surface area contributed by atoms with Gasteiger partial charge in [-0.2, -0.15) is 0 Å². The molecule has 0 aliphatic carbocycles. The molecule has 0 spiro atoms. The maximum absolute atomic E-state index is 12.0. The van der Waals surface area contributed by atoms with Crippen LogP contribution in [0.2, 0.25) is 0 Å². The highest BCUT2D eigenvalue weighted by Crippen LogP contribution is 2.38. The van der Waals surface area contributed by atoms with Crippen LogP contribution in [-0.2, 0) is 27.2 Å². The number of hydrogen-bond donors (Lipinski definition) is 2. The van der Waals surface area contributed by atoms with Crippen LogP contribution in [0.1, 0.15) is 43.7 Å². The summed E-state index contributed by atoms with van der Waals surface area (Å²) in [7, 11) is 0. The maximum atomic E-state index is 12.0. The second-order valence-corrected chi connectivity index (χ2v) is 6.39. The average Bonchev–Trinajstić information content (AvgIpc) is 2.89. The molecule has 2 heterocycles. The second kappa shape index (κ2) is 7.03. The molecule has 1 aromatic carbocycles. The van der Waals surface area contributed by atoms with Crippen LogP contribution in [-0.4, -0.2) is 30.8 Å². The molecule has 0 atom stereocenters. The van der Waals surface area contributed by atoms with E-state index in [1.165, 1.54) is 0 Å². The van der Waals surface area contributed by atoms with E-state index in [-0.39, 0.29) is 5.91 Å². The van der Waals surface area contributed by atoms with Crippen molar-refractivity contribution in [3.63, 3.8) is 0 Å². The van der Waals surface area contributed by atoms with Crippen LogP contribution >= 0.6 is 0 Å². The lowest BCUT2D eigenvalue weighted by Crippen LogP contribution is -2.36. The summed E-state index contributed by atoms with van der Waals surface area (Å²) in [6.45, 7) is 3.37. The summed E-state index contributed by atoms with van der Waals surface area (Å²) in [6.07, 6.45) is 5.15. The third kappa shape index (κ3) is 3.27. The van der Waals surface area contributed by atoms with Gasteiger partial charge < -0.3 is 15.5 Å². The molecule has 3 rings (SSSR count). The molecule has 24 heavy (non-hydrogen) atoms. The molecule has 0 fully saturated rings. The van der Waals surface area contributed by atoms with E-state index in [2.05, 4.69) is 17.6 Å². The number of hydrogen-bond acceptors (Lipinski definition) is 3. The summed E-state index contributed by atoms with van der Waals surface area (Å²) in [5.74, 6) is -1.16. The van der Waals surface area contributed by atoms with E-state index in [4.69, 9.17) is 0 Å². The molecule has 1 aromatic rings. The fraction of sp³-hybridized carbons (Fsp3) is 0.500. The van der Waals surface area contributed by atoms with Crippen molar-refractivity contribution in [1.82, 2.24) is 5.32 Å². The van der Waals surface area contributed by atoms with Crippen LogP contribution < -0.4 is 15.5 Å². The van der Waals surface area contributed by atoms with E-state index in [1.807, 2.05) is 17.0 Å². The number of carbonyl (C=O) groups excluding carboxylic acids is 3. The van der Waals surface area contributed by atoms with Gasteiger partial charge in [-0.1, -0.05) is 19.8 Å². The molecule has 2 N–H and O–H groups in total. The molecule has 2 aliphatic rings. The minimum atomic E-state index is -0.657. The minimum Gasteiger partial charge on any atom is -0.348 e. The number of rotatable bonds is 5. The largest absolute Gasteiger partial charge is 0.348 e. The number of nitrogens with one attached hydrogen (secondary N) is 2. The Labute approximate surface area is 141 Å². The Kier molecular flexibility index (Phi) is 4.83.